The summed E-state index contributed by atoms with van der Waals surface area (Å²) in [6, 6.07) is 6.43. The van der Waals surface area contributed by atoms with Crippen molar-refractivity contribution in [3.05, 3.63) is 29.8 Å². The molecule has 1 heterocycles. The molecule has 0 aromatic heterocycles. The van der Waals surface area contributed by atoms with Gasteiger partial charge in [0.05, 0.1) is 4.90 Å². The molecule has 0 bridgehead atoms. The van der Waals surface area contributed by atoms with Gasteiger partial charge in [0.1, 0.15) is 11.6 Å². The number of benzene rings is 1. The lowest BCUT2D eigenvalue weighted by Crippen LogP contribution is -2.57. The summed E-state index contributed by atoms with van der Waals surface area (Å²) in [7, 11) is -3.97. The first-order valence-electron chi connectivity index (χ1n) is 9.17. The van der Waals surface area contributed by atoms with E-state index in [-0.39, 0.29) is 47.3 Å². The topological polar surface area (TPSA) is 80.8 Å². The second kappa shape index (κ2) is 6.55. The Morgan fingerprint density at radius 1 is 0.962 bits per heavy atom. The number of ketones is 2. The van der Waals surface area contributed by atoms with Crippen molar-refractivity contribution >= 4 is 21.7 Å². The number of piperidine rings is 1. The number of rotatable bonds is 3. The van der Waals surface area contributed by atoms with Crippen LogP contribution in [0.25, 0.3) is 0 Å². The van der Waals surface area contributed by atoms with Crippen LogP contribution < -0.4 is 0 Å². The van der Waals surface area contributed by atoms with Crippen LogP contribution in [-0.4, -0.2) is 38.1 Å². The minimum atomic E-state index is -3.97. The maximum atomic E-state index is 12.6. The first-order valence-corrected chi connectivity index (χ1v) is 10.6. The van der Waals surface area contributed by atoms with Crippen LogP contribution in [0.15, 0.2) is 29.2 Å². The summed E-state index contributed by atoms with van der Waals surface area (Å²) in [5.74, 6) is 0.115. The average Bonchev–Trinajstić information content (AvgIpc) is 2.60. The molecular formula is C19H23NO5S. The zero-order valence-electron chi connectivity index (χ0n) is 14.8. The molecule has 26 heavy (non-hydrogen) atoms. The number of hydrogen-bond acceptors (Lipinski definition) is 6. The highest BCUT2D eigenvalue weighted by molar-refractivity contribution is 7.86. The molecule has 1 saturated heterocycles. The maximum absolute atomic E-state index is 12.6. The molecule has 140 valence electrons. The fourth-order valence-electron chi connectivity index (χ4n) is 4.83. The van der Waals surface area contributed by atoms with E-state index < -0.39 is 10.1 Å². The fraction of sp³-hybridized carbons (Fsp3) is 0.579. The van der Waals surface area contributed by atoms with Crippen molar-refractivity contribution in [3.8, 4) is 0 Å². The Hall–Kier alpha value is -1.57. The molecule has 0 radical (unpaired) electrons. The van der Waals surface area contributed by atoms with E-state index in [4.69, 9.17) is 4.28 Å². The number of carbonyl (C=O) groups is 2. The smallest absolute Gasteiger partial charge is 0.299 e. The fourth-order valence-corrected chi connectivity index (χ4v) is 5.78. The quantitative estimate of drug-likeness (QED) is 0.803. The number of hydrogen-bond donors (Lipinski definition) is 0. The van der Waals surface area contributed by atoms with Crippen LogP contribution in [-0.2, 0) is 24.0 Å². The summed E-state index contributed by atoms with van der Waals surface area (Å²) < 4.78 is 30.5. The highest BCUT2D eigenvalue weighted by Gasteiger charge is 2.52. The van der Waals surface area contributed by atoms with Crippen molar-refractivity contribution in [3.63, 3.8) is 0 Å². The minimum absolute atomic E-state index is 0.0550. The largest absolute Gasteiger partial charge is 0.313 e. The summed E-state index contributed by atoms with van der Waals surface area (Å²) in [6.45, 7) is 2.37. The predicted molar refractivity (Wildman–Crippen MR) is 93.5 cm³/mol. The number of hydroxylamine groups is 2. The van der Waals surface area contributed by atoms with Gasteiger partial charge in [0.2, 0.25) is 0 Å². The number of Topliss-reactive ketones (excluding diaryl/α,β-unsaturated/α-hetero) is 2. The van der Waals surface area contributed by atoms with Crippen molar-refractivity contribution in [2.45, 2.75) is 37.5 Å². The Labute approximate surface area is 153 Å². The lowest BCUT2D eigenvalue weighted by atomic mass is 9.58. The Bertz CT molecular complexity index is 802. The molecule has 2 atom stereocenters. The van der Waals surface area contributed by atoms with Crippen LogP contribution in [0.5, 0.6) is 0 Å². The zero-order chi connectivity index (χ0) is 18.5. The van der Waals surface area contributed by atoms with Crippen LogP contribution in [0.4, 0.5) is 0 Å². The van der Waals surface area contributed by atoms with Gasteiger partial charge in [-0.3, -0.25) is 9.59 Å². The van der Waals surface area contributed by atoms with E-state index in [1.165, 1.54) is 17.2 Å². The molecular weight excluding hydrogens is 354 g/mol. The van der Waals surface area contributed by atoms with Crippen LogP contribution in [0.1, 0.15) is 31.2 Å². The Kier molecular flexibility index (Phi) is 4.49. The summed E-state index contributed by atoms with van der Waals surface area (Å²) in [5, 5.41) is 1.32. The lowest BCUT2D eigenvalue weighted by Gasteiger charge is -2.49. The molecule has 2 unspecified atom stereocenters. The Balaban J connectivity index is 1.57. The van der Waals surface area contributed by atoms with Crippen LogP contribution in [0.3, 0.4) is 0 Å². The standard InChI is InChI=1S/C19H23NO5S/c1-12-2-6-14(7-3-12)26(23,24)25-20-10-15-17(21)8-4-13-5-9-18(22)16(11-20)19(13)15/h2-3,6-7,13,15-16,19H,4-5,8-11H2,1H3. The normalized spacial score (nSPS) is 32.3. The van der Waals surface area contributed by atoms with E-state index in [2.05, 4.69) is 0 Å². The van der Waals surface area contributed by atoms with Gasteiger partial charge in [-0.05, 0) is 43.7 Å². The average molecular weight is 377 g/mol. The third-order valence-electron chi connectivity index (χ3n) is 6.14. The number of aryl methyl sites for hydroxylation is 1. The van der Waals surface area contributed by atoms with Crippen molar-refractivity contribution < 1.29 is 22.3 Å². The second-order valence-electron chi connectivity index (χ2n) is 7.75. The van der Waals surface area contributed by atoms with Gasteiger partial charge in [-0.1, -0.05) is 17.7 Å². The molecule has 0 N–H and O–H groups in total. The van der Waals surface area contributed by atoms with Crippen molar-refractivity contribution in [2.24, 2.45) is 23.7 Å². The maximum Gasteiger partial charge on any atom is 0.313 e. The zero-order valence-corrected chi connectivity index (χ0v) is 15.6. The van der Waals surface area contributed by atoms with Gasteiger partial charge in [0.25, 0.3) is 0 Å². The van der Waals surface area contributed by atoms with Gasteiger partial charge in [-0.15, -0.1) is 0 Å². The lowest BCUT2D eigenvalue weighted by molar-refractivity contribution is -0.168. The van der Waals surface area contributed by atoms with Crippen molar-refractivity contribution in [2.75, 3.05) is 13.1 Å². The molecule has 0 amide bonds. The molecule has 4 rings (SSSR count). The first kappa shape index (κ1) is 17.8. The molecule has 7 heteroatoms. The molecule has 2 saturated carbocycles. The summed E-state index contributed by atoms with van der Waals surface area (Å²) in [5.41, 5.74) is 0.955. The molecule has 3 fully saturated rings. The first-order chi connectivity index (χ1) is 12.3. The van der Waals surface area contributed by atoms with Gasteiger partial charge < -0.3 is 0 Å². The van der Waals surface area contributed by atoms with Crippen LogP contribution >= 0.6 is 0 Å². The number of nitrogens with zero attached hydrogens (tertiary/aromatic N) is 1. The van der Waals surface area contributed by atoms with Crippen molar-refractivity contribution in [1.82, 2.24) is 5.06 Å². The van der Waals surface area contributed by atoms with Gasteiger partial charge in [-0.25, -0.2) is 0 Å². The third kappa shape index (κ3) is 3.12. The van der Waals surface area contributed by atoms with E-state index >= 15 is 0 Å². The Morgan fingerprint density at radius 3 is 2.04 bits per heavy atom. The van der Waals surface area contributed by atoms with Crippen molar-refractivity contribution in [1.29, 1.82) is 0 Å². The summed E-state index contributed by atoms with van der Waals surface area (Å²) in [6.07, 6.45) is 2.75. The van der Waals surface area contributed by atoms with Crippen LogP contribution in [0.2, 0.25) is 0 Å². The predicted octanol–water partition coefficient (Wildman–Crippen LogP) is 2.12. The molecule has 2 aliphatic carbocycles. The SMILES string of the molecule is Cc1ccc(S(=O)(=O)ON2CC3C(=O)CCC4CCC(=O)C(C2)C43)cc1. The molecule has 3 aliphatic rings. The minimum Gasteiger partial charge on any atom is -0.299 e. The Morgan fingerprint density at radius 2 is 1.50 bits per heavy atom. The second-order valence-corrected chi connectivity index (χ2v) is 9.28. The monoisotopic (exact) mass is 377 g/mol. The van der Waals surface area contributed by atoms with Gasteiger partial charge >= 0.3 is 10.1 Å². The summed E-state index contributed by atoms with van der Waals surface area (Å²) >= 11 is 0. The molecule has 0 spiro atoms. The number of carbonyl (C=O) groups excluding carboxylic acids is 2. The van der Waals surface area contributed by atoms with E-state index in [1.807, 2.05) is 6.92 Å². The molecule has 1 aliphatic heterocycles. The highest BCUT2D eigenvalue weighted by atomic mass is 32.2. The molecule has 1 aromatic rings. The van der Waals surface area contributed by atoms with E-state index in [0.29, 0.717) is 18.8 Å². The molecule has 6 nitrogen and oxygen atoms in total. The van der Waals surface area contributed by atoms with E-state index in [0.717, 1.165) is 18.4 Å². The van der Waals surface area contributed by atoms with E-state index in [1.54, 1.807) is 12.1 Å². The highest BCUT2D eigenvalue weighted by Crippen LogP contribution is 2.47. The van der Waals surface area contributed by atoms with Gasteiger partial charge in [0, 0.05) is 37.8 Å². The van der Waals surface area contributed by atoms with Gasteiger partial charge in [0.15, 0.2) is 0 Å². The van der Waals surface area contributed by atoms with Crippen LogP contribution in [0, 0.1) is 30.6 Å². The third-order valence-corrected chi connectivity index (χ3v) is 7.39. The van der Waals surface area contributed by atoms with E-state index in [9.17, 15) is 18.0 Å². The summed E-state index contributed by atoms with van der Waals surface area (Å²) in [4.78, 5) is 25.0. The van der Waals surface area contributed by atoms with Gasteiger partial charge in [-0.2, -0.15) is 17.8 Å². The molecule has 1 aromatic carbocycles.